The van der Waals surface area contributed by atoms with Crippen LogP contribution in [0.25, 0.3) is 114 Å². The zero-order valence-electron chi connectivity index (χ0n) is 38.7. The summed E-state index contributed by atoms with van der Waals surface area (Å²) in [6, 6.07) is 98.0. The molecular weight excluding hydrogens is 877 g/mol. The molecule has 71 heavy (non-hydrogen) atoms. The Kier molecular flexibility index (Phi) is 9.75. The van der Waals surface area contributed by atoms with Crippen LogP contribution in [0.1, 0.15) is 0 Å². The van der Waals surface area contributed by atoms with E-state index in [9.17, 15) is 0 Å². The van der Waals surface area contributed by atoms with Crippen LogP contribution in [0.2, 0.25) is 0 Å². The Morgan fingerprint density at radius 3 is 1.75 bits per heavy atom. The highest BCUT2D eigenvalue weighted by Crippen LogP contribution is 2.49. The zero-order valence-corrected chi connectivity index (χ0v) is 39.5. The fraction of sp³-hybridized carbons (Fsp3) is 0. The van der Waals surface area contributed by atoms with E-state index in [1.807, 2.05) is 11.3 Å². The van der Waals surface area contributed by atoms with Gasteiger partial charge in [0.05, 0.1) is 22.4 Å². The molecule has 2 heterocycles. The first-order chi connectivity index (χ1) is 35.2. The van der Waals surface area contributed by atoms with Gasteiger partial charge in [0.25, 0.3) is 0 Å². The second-order valence-corrected chi connectivity index (χ2v) is 19.5. The molecule has 332 valence electrons. The molecule has 12 aromatic carbocycles. The van der Waals surface area contributed by atoms with Crippen molar-refractivity contribution >= 4 is 91.9 Å². The van der Waals surface area contributed by atoms with E-state index >= 15 is 0 Å². The van der Waals surface area contributed by atoms with Crippen molar-refractivity contribution in [3.8, 4) is 50.2 Å². The number of para-hydroxylation sites is 1. The first-order valence-electron chi connectivity index (χ1n) is 24.3. The Morgan fingerprint density at radius 2 is 0.915 bits per heavy atom. The SMILES string of the molecule is c1ccc(-c2ccc(N(c3ccc(-c4ccc(-c5ccc6ccccc6c5)cc4)cc3)c3cccc(-c4cccc5c4c4ccccc4n5-c4cccc5ccccc45)c3)c3c2sc2ccccc23)cc1. The predicted octanol–water partition coefficient (Wildman–Crippen LogP) is 19.6. The number of hydrogen-bond acceptors (Lipinski definition) is 2. The van der Waals surface area contributed by atoms with Crippen LogP contribution in [0.15, 0.2) is 267 Å². The van der Waals surface area contributed by atoms with Crippen molar-refractivity contribution in [1.82, 2.24) is 4.57 Å². The van der Waals surface area contributed by atoms with E-state index in [-0.39, 0.29) is 0 Å². The zero-order chi connectivity index (χ0) is 46.8. The molecule has 0 atom stereocenters. The number of nitrogens with zero attached hydrogens (tertiary/aromatic N) is 2. The average molecular weight is 921 g/mol. The van der Waals surface area contributed by atoms with Crippen LogP contribution < -0.4 is 4.90 Å². The second-order valence-electron chi connectivity index (χ2n) is 18.4. The molecule has 3 heteroatoms. The summed E-state index contributed by atoms with van der Waals surface area (Å²) in [7, 11) is 0. The molecule has 14 aromatic rings. The summed E-state index contributed by atoms with van der Waals surface area (Å²) in [6.45, 7) is 0. The van der Waals surface area contributed by atoms with E-state index in [0.717, 1.165) is 22.6 Å². The van der Waals surface area contributed by atoms with Gasteiger partial charge >= 0.3 is 0 Å². The standard InChI is InChI=1S/C68H44N2S/c1-2-16-50(17-3-1)58-41-42-64(67-60-25-9-11-30-65(60)71-68(58)67)69(54-39-37-47(38-40-54)46-31-33-48(34-32-46)52-36-35-45-15-4-5-19-51(45)43-52)55-22-12-21-53(44-55)57-26-14-29-63-66(57)59-24-8-10-27-62(59)70(63)61-28-13-20-49-18-6-7-23-56(49)61/h1-44H. The van der Waals surface area contributed by atoms with Crippen molar-refractivity contribution in [3.05, 3.63) is 267 Å². The molecule has 2 nitrogen and oxygen atoms in total. The summed E-state index contributed by atoms with van der Waals surface area (Å²) in [6.07, 6.45) is 0. The van der Waals surface area contributed by atoms with Gasteiger partial charge < -0.3 is 9.47 Å². The van der Waals surface area contributed by atoms with Gasteiger partial charge in [-0.25, -0.2) is 0 Å². The van der Waals surface area contributed by atoms with Gasteiger partial charge in [-0.15, -0.1) is 11.3 Å². The van der Waals surface area contributed by atoms with Crippen molar-refractivity contribution < 1.29 is 0 Å². The van der Waals surface area contributed by atoms with E-state index in [2.05, 4.69) is 276 Å². The summed E-state index contributed by atoms with van der Waals surface area (Å²) in [5, 5.41) is 9.96. The van der Waals surface area contributed by atoms with Gasteiger partial charge in [-0.1, -0.05) is 206 Å². The lowest BCUT2D eigenvalue weighted by Gasteiger charge is -2.28. The maximum atomic E-state index is 2.48. The number of anilines is 3. The number of aromatic nitrogens is 1. The van der Waals surface area contributed by atoms with Crippen LogP contribution in [-0.4, -0.2) is 4.57 Å². The third-order valence-electron chi connectivity index (χ3n) is 14.4. The van der Waals surface area contributed by atoms with E-state index in [1.165, 1.54) is 108 Å². The molecule has 0 spiro atoms. The van der Waals surface area contributed by atoms with Gasteiger partial charge in [-0.3, -0.25) is 0 Å². The summed E-state index contributed by atoms with van der Waals surface area (Å²) >= 11 is 1.88. The number of rotatable bonds is 8. The van der Waals surface area contributed by atoms with Gasteiger partial charge in [0, 0.05) is 47.7 Å². The van der Waals surface area contributed by atoms with Crippen LogP contribution in [0, 0.1) is 0 Å². The Labute approximate surface area is 416 Å². The Bertz CT molecular complexity index is 4330. The minimum absolute atomic E-state index is 1.09. The van der Waals surface area contributed by atoms with Crippen molar-refractivity contribution in [2.45, 2.75) is 0 Å². The molecule has 0 aliphatic carbocycles. The first-order valence-corrected chi connectivity index (χ1v) is 25.1. The average Bonchev–Trinajstić information content (AvgIpc) is 4.00. The predicted molar refractivity (Wildman–Crippen MR) is 305 cm³/mol. The molecule has 0 aliphatic heterocycles. The van der Waals surface area contributed by atoms with Crippen molar-refractivity contribution in [3.63, 3.8) is 0 Å². The quantitative estimate of drug-likeness (QED) is 0.147. The van der Waals surface area contributed by atoms with Gasteiger partial charge in [-0.2, -0.15) is 0 Å². The van der Waals surface area contributed by atoms with Crippen LogP contribution in [-0.2, 0) is 0 Å². The molecule has 0 fully saturated rings. The van der Waals surface area contributed by atoms with Crippen molar-refractivity contribution in [2.75, 3.05) is 4.90 Å². The molecule has 0 bridgehead atoms. The highest BCUT2D eigenvalue weighted by Gasteiger charge is 2.23. The normalized spacial score (nSPS) is 11.7. The molecule has 0 N–H and O–H groups in total. The van der Waals surface area contributed by atoms with Gasteiger partial charge in [0.1, 0.15) is 0 Å². The molecule has 2 aromatic heterocycles. The molecule has 0 radical (unpaired) electrons. The van der Waals surface area contributed by atoms with E-state index < -0.39 is 0 Å². The molecule has 0 saturated heterocycles. The summed E-state index contributed by atoms with van der Waals surface area (Å²) in [4.78, 5) is 2.48. The third kappa shape index (κ3) is 6.93. The topological polar surface area (TPSA) is 8.17 Å². The van der Waals surface area contributed by atoms with Crippen LogP contribution in [0.4, 0.5) is 17.1 Å². The largest absolute Gasteiger partial charge is 0.310 e. The Balaban J connectivity index is 0.935. The smallest absolute Gasteiger partial charge is 0.0555 e. The lowest BCUT2D eigenvalue weighted by Crippen LogP contribution is -2.10. The van der Waals surface area contributed by atoms with Crippen LogP contribution >= 0.6 is 11.3 Å². The lowest BCUT2D eigenvalue weighted by molar-refractivity contribution is 1.20. The number of fused-ring (bicyclic) bond motifs is 8. The number of benzene rings is 12. The first kappa shape index (κ1) is 41.0. The van der Waals surface area contributed by atoms with Crippen molar-refractivity contribution in [2.24, 2.45) is 0 Å². The number of hydrogen-bond donors (Lipinski definition) is 0. The molecule has 0 unspecified atom stereocenters. The maximum Gasteiger partial charge on any atom is 0.0555 e. The minimum atomic E-state index is 1.09. The second kappa shape index (κ2) is 16.9. The summed E-state index contributed by atoms with van der Waals surface area (Å²) in [5.74, 6) is 0. The van der Waals surface area contributed by atoms with E-state index in [0.29, 0.717) is 0 Å². The fourth-order valence-electron chi connectivity index (χ4n) is 11.0. The summed E-state index contributed by atoms with van der Waals surface area (Å²) in [5.41, 5.74) is 16.5. The van der Waals surface area contributed by atoms with E-state index in [1.54, 1.807) is 0 Å². The molecule has 0 amide bonds. The molecule has 0 aliphatic rings. The minimum Gasteiger partial charge on any atom is -0.310 e. The number of thiophene rings is 1. The highest BCUT2D eigenvalue weighted by atomic mass is 32.1. The van der Waals surface area contributed by atoms with Gasteiger partial charge in [-0.05, 0) is 121 Å². The maximum absolute atomic E-state index is 2.48. The van der Waals surface area contributed by atoms with Gasteiger partial charge in [0.15, 0.2) is 0 Å². The summed E-state index contributed by atoms with van der Waals surface area (Å²) < 4.78 is 5.01. The molecule has 0 saturated carbocycles. The third-order valence-corrected chi connectivity index (χ3v) is 15.6. The van der Waals surface area contributed by atoms with E-state index in [4.69, 9.17) is 0 Å². The highest BCUT2D eigenvalue weighted by molar-refractivity contribution is 7.26. The van der Waals surface area contributed by atoms with Crippen molar-refractivity contribution in [1.29, 1.82) is 0 Å². The lowest BCUT2D eigenvalue weighted by atomic mass is 9.97. The Morgan fingerprint density at radius 1 is 0.310 bits per heavy atom. The molecule has 14 rings (SSSR count). The van der Waals surface area contributed by atoms with Crippen LogP contribution in [0.3, 0.4) is 0 Å². The van der Waals surface area contributed by atoms with Gasteiger partial charge in [0.2, 0.25) is 0 Å². The Hall–Kier alpha value is -9.02. The fourth-order valence-corrected chi connectivity index (χ4v) is 12.3. The van der Waals surface area contributed by atoms with Crippen LogP contribution in [0.5, 0.6) is 0 Å². The molecular formula is C68H44N2S. The monoisotopic (exact) mass is 920 g/mol.